The molecule has 0 aliphatic carbocycles. The van der Waals surface area contributed by atoms with Crippen molar-refractivity contribution >= 4 is 16.5 Å². The second-order valence-electron chi connectivity index (χ2n) is 5.70. The third-order valence-corrected chi connectivity index (χ3v) is 5.41. The lowest BCUT2D eigenvalue weighted by molar-refractivity contribution is 0.133. The van der Waals surface area contributed by atoms with Crippen molar-refractivity contribution < 1.29 is 0 Å². The summed E-state index contributed by atoms with van der Waals surface area (Å²) in [6, 6.07) is 1.11. The van der Waals surface area contributed by atoms with Crippen LogP contribution in [0.4, 0.5) is 5.13 Å². The molecule has 2 saturated heterocycles. The Morgan fingerprint density at radius 3 is 3.11 bits per heavy atom. The zero-order valence-corrected chi connectivity index (χ0v) is 12.7. The van der Waals surface area contributed by atoms with Gasteiger partial charge >= 0.3 is 0 Å². The van der Waals surface area contributed by atoms with Crippen LogP contribution in [0.1, 0.15) is 37.9 Å². The van der Waals surface area contributed by atoms with Gasteiger partial charge in [0.1, 0.15) is 0 Å². The number of nitrogens with one attached hydrogen (secondary N) is 1. The molecule has 0 radical (unpaired) electrons. The van der Waals surface area contributed by atoms with Crippen LogP contribution in [0.2, 0.25) is 0 Å². The first-order valence-electron chi connectivity index (χ1n) is 7.39. The average Bonchev–Trinajstić information content (AvgIpc) is 2.95. The van der Waals surface area contributed by atoms with E-state index in [1.165, 1.54) is 49.7 Å². The summed E-state index contributed by atoms with van der Waals surface area (Å²) in [5.74, 6) is 0. The lowest BCUT2D eigenvalue weighted by atomic mass is 10.00. The second-order valence-corrected chi connectivity index (χ2v) is 6.53. The Morgan fingerprint density at radius 2 is 2.26 bits per heavy atom. The maximum Gasteiger partial charge on any atom is 0.185 e. The van der Waals surface area contributed by atoms with E-state index in [1.807, 2.05) is 7.05 Å². The van der Waals surface area contributed by atoms with Crippen LogP contribution in [-0.2, 0) is 0 Å². The van der Waals surface area contributed by atoms with Gasteiger partial charge in [0.05, 0.1) is 5.69 Å². The molecule has 4 nitrogen and oxygen atoms in total. The summed E-state index contributed by atoms with van der Waals surface area (Å²) in [5, 5.41) is 6.67. The number of piperazine rings is 1. The van der Waals surface area contributed by atoms with E-state index >= 15 is 0 Å². The van der Waals surface area contributed by atoms with Crippen molar-refractivity contribution in [2.24, 2.45) is 0 Å². The number of anilines is 1. The highest BCUT2D eigenvalue weighted by Crippen LogP contribution is 2.28. The van der Waals surface area contributed by atoms with Gasteiger partial charge in [-0.15, -0.1) is 11.3 Å². The SMILES string of the molecule is CNC(C)c1csc(N2CCN3CCCCC3C2)n1. The van der Waals surface area contributed by atoms with Crippen molar-refractivity contribution in [1.82, 2.24) is 15.2 Å². The third-order valence-electron chi connectivity index (χ3n) is 4.49. The molecule has 0 spiro atoms. The first-order valence-corrected chi connectivity index (χ1v) is 8.27. The van der Waals surface area contributed by atoms with Crippen molar-refractivity contribution in [3.63, 3.8) is 0 Å². The fourth-order valence-corrected chi connectivity index (χ4v) is 4.05. The van der Waals surface area contributed by atoms with Gasteiger partial charge in [-0.1, -0.05) is 6.42 Å². The van der Waals surface area contributed by atoms with E-state index in [4.69, 9.17) is 4.98 Å². The van der Waals surface area contributed by atoms with Crippen LogP contribution in [0, 0.1) is 0 Å². The Hall–Kier alpha value is -0.650. The minimum atomic E-state index is 0.348. The predicted molar refractivity (Wildman–Crippen MR) is 81.0 cm³/mol. The number of hydrogen-bond donors (Lipinski definition) is 1. The van der Waals surface area contributed by atoms with E-state index in [1.54, 1.807) is 11.3 Å². The molecular formula is C14H24N4S. The standard InChI is InChI=1S/C14H24N4S/c1-11(15-2)13-10-19-14(16-13)18-8-7-17-6-4-3-5-12(17)9-18/h10-12,15H,3-9H2,1-2H3. The average molecular weight is 280 g/mol. The molecular weight excluding hydrogens is 256 g/mol. The van der Waals surface area contributed by atoms with Crippen LogP contribution < -0.4 is 10.2 Å². The highest BCUT2D eigenvalue weighted by molar-refractivity contribution is 7.13. The molecule has 3 rings (SSSR count). The van der Waals surface area contributed by atoms with Crippen LogP contribution in [0.5, 0.6) is 0 Å². The molecule has 1 N–H and O–H groups in total. The molecule has 3 heterocycles. The highest BCUT2D eigenvalue weighted by Gasteiger charge is 2.30. The lowest BCUT2D eigenvalue weighted by Crippen LogP contribution is -2.54. The summed E-state index contributed by atoms with van der Waals surface area (Å²) in [6.07, 6.45) is 4.15. The van der Waals surface area contributed by atoms with Gasteiger partial charge in [-0.05, 0) is 33.4 Å². The molecule has 0 saturated carbocycles. The second kappa shape index (κ2) is 5.77. The van der Waals surface area contributed by atoms with Crippen LogP contribution in [0.15, 0.2) is 5.38 Å². The van der Waals surface area contributed by atoms with E-state index in [2.05, 4.69) is 27.4 Å². The predicted octanol–water partition coefficient (Wildman–Crippen LogP) is 2.10. The molecule has 19 heavy (non-hydrogen) atoms. The summed E-state index contributed by atoms with van der Waals surface area (Å²) in [5.41, 5.74) is 1.17. The zero-order valence-electron chi connectivity index (χ0n) is 11.9. The Kier molecular flexibility index (Phi) is 4.05. The molecule has 106 valence electrons. The molecule has 0 aromatic carbocycles. The zero-order chi connectivity index (χ0) is 13.2. The van der Waals surface area contributed by atoms with E-state index in [0.29, 0.717) is 6.04 Å². The van der Waals surface area contributed by atoms with Gasteiger partial charge in [0, 0.05) is 37.1 Å². The number of aromatic nitrogens is 1. The fraction of sp³-hybridized carbons (Fsp3) is 0.786. The molecule has 5 heteroatoms. The minimum absolute atomic E-state index is 0.348. The molecule has 1 aromatic heterocycles. The van der Waals surface area contributed by atoms with Crippen molar-refractivity contribution in [3.05, 3.63) is 11.1 Å². The van der Waals surface area contributed by atoms with E-state index < -0.39 is 0 Å². The largest absolute Gasteiger partial charge is 0.345 e. The molecule has 2 atom stereocenters. The maximum absolute atomic E-state index is 4.81. The third kappa shape index (κ3) is 2.78. The van der Waals surface area contributed by atoms with E-state index in [0.717, 1.165) is 12.6 Å². The van der Waals surface area contributed by atoms with Crippen LogP contribution in [0.25, 0.3) is 0 Å². The van der Waals surface area contributed by atoms with Gasteiger partial charge in [0.15, 0.2) is 5.13 Å². The summed E-state index contributed by atoms with van der Waals surface area (Å²) < 4.78 is 0. The van der Waals surface area contributed by atoms with Gasteiger partial charge in [-0.2, -0.15) is 0 Å². The molecule has 2 aliphatic rings. The Bertz CT molecular complexity index is 419. The van der Waals surface area contributed by atoms with Gasteiger partial charge in [-0.3, -0.25) is 4.90 Å². The van der Waals surface area contributed by atoms with Crippen LogP contribution >= 0.6 is 11.3 Å². The molecule has 1 aromatic rings. The normalized spacial score (nSPS) is 26.2. The molecule has 0 amide bonds. The van der Waals surface area contributed by atoms with Crippen molar-refractivity contribution in [3.8, 4) is 0 Å². The molecule has 2 unspecified atom stereocenters. The Labute approximate surface area is 119 Å². The maximum atomic E-state index is 4.81. The fourth-order valence-electron chi connectivity index (χ4n) is 3.10. The van der Waals surface area contributed by atoms with Gasteiger partial charge in [0.25, 0.3) is 0 Å². The summed E-state index contributed by atoms with van der Waals surface area (Å²) in [7, 11) is 1.99. The van der Waals surface area contributed by atoms with Crippen molar-refractivity contribution in [2.75, 3.05) is 38.1 Å². The number of nitrogens with zero attached hydrogens (tertiary/aromatic N) is 3. The molecule has 2 aliphatic heterocycles. The van der Waals surface area contributed by atoms with Crippen LogP contribution in [0.3, 0.4) is 0 Å². The number of thiazole rings is 1. The van der Waals surface area contributed by atoms with E-state index in [9.17, 15) is 0 Å². The number of rotatable bonds is 3. The summed E-state index contributed by atoms with van der Waals surface area (Å²) in [4.78, 5) is 9.97. The number of piperidine rings is 1. The first-order chi connectivity index (χ1) is 9.28. The highest BCUT2D eigenvalue weighted by atomic mass is 32.1. The molecule has 0 bridgehead atoms. The number of hydrogen-bond acceptors (Lipinski definition) is 5. The van der Waals surface area contributed by atoms with E-state index in [-0.39, 0.29) is 0 Å². The minimum Gasteiger partial charge on any atom is -0.345 e. The van der Waals surface area contributed by atoms with Crippen molar-refractivity contribution in [1.29, 1.82) is 0 Å². The molecule has 2 fully saturated rings. The van der Waals surface area contributed by atoms with Gasteiger partial charge in [-0.25, -0.2) is 4.98 Å². The van der Waals surface area contributed by atoms with Crippen molar-refractivity contribution in [2.45, 2.75) is 38.3 Å². The smallest absolute Gasteiger partial charge is 0.185 e. The quantitative estimate of drug-likeness (QED) is 0.919. The Morgan fingerprint density at radius 1 is 1.37 bits per heavy atom. The summed E-state index contributed by atoms with van der Waals surface area (Å²) >= 11 is 1.80. The number of fused-ring (bicyclic) bond motifs is 1. The first kappa shape index (κ1) is 13.3. The topological polar surface area (TPSA) is 31.4 Å². The lowest BCUT2D eigenvalue weighted by Gasteiger charge is -2.44. The summed E-state index contributed by atoms with van der Waals surface area (Å²) in [6.45, 7) is 6.98. The van der Waals surface area contributed by atoms with Gasteiger partial charge < -0.3 is 10.2 Å². The van der Waals surface area contributed by atoms with Crippen LogP contribution in [-0.4, -0.2) is 49.2 Å². The Balaban J connectivity index is 1.67. The van der Waals surface area contributed by atoms with Gasteiger partial charge in [0.2, 0.25) is 0 Å². The monoisotopic (exact) mass is 280 g/mol.